The first kappa shape index (κ1) is 26.1. The molecule has 0 bridgehead atoms. The minimum absolute atomic E-state index is 0.156. The van der Waals surface area contributed by atoms with Gasteiger partial charge in [0.25, 0.3) is 5.91 Å². The highest BCUT2D eigenvalue weighted by Gasteiger charge is 2.31. The first-order chi connectivity index (χ1) is 15.8. The number of nitrogens with one attached hydrogen (secondary N) is 1. The molecule has 0 unspecified atom stereocenters. The summed E-state index contributed by atoms with van der Waals surface area (Å²) in [7, 11) is 0. The summed E-state index contributed by atoms with van der Waals surface area (Å²) in [5, 5.41) is 4.61. The van der Waals surface area contributed by atoms with Crippen molar-refractivity contribution in [2.45, 2.75) is 57.7 Å². The maximum Gasteiger partial charge on any atom is 0.261 e. The normalized spacial score (nSPS) is 14.7. The molecular formula is C24H26BrCl3N2O3. The first-order valence-electron chi connectivity index (χ1n) is 10.9. The van der Waals surface area contributed by atoms with Crippen molar-refractivity contribution in [2.24, 2.45) is 0 Å². The Balaban J connectivity index is 1.80. The quantitative estimate of drug-likeness (QED) is 0.364. The van der Waals surface area contributed by atoms with Crippen LogP contribution in [0, 0.1) is 0 Å². The van der Waals surface area contributed by atoms with Crippen molar-refractivity contribution in [1.82, 2.24) is 10.2 Å². The molecule has 1 fully saturated rings. The van der Waals surface area contributed by atoms with Crippen LogP contribution in [0.3, 0.4) is 0 Å². The number of rotatable bonds is 9. The van der Waals surface area contributed by atoms with Crippen LogP contribution < -0.4 is 10.1 Å². The number of amides is 2. The van der Waals surface area contributed by atoms with E-state index in [1.165, 1.54) is 4.90 Å². The van der Waals surface area contributed by atoms with Crippen molar-refractivity contribution in [3.63, 3.8) is 0 Å². The lowest BCUT2D eigenvalue weighted by Gasteiger charge is -2.31. The van der Waals surface area contributed by atoms with Gasteiger partial charge in [-0.05, 0) is 71.1 Å². The van der Waals surface area contributed by atoms with Crippen LogP contribution in [0.5, 0.6) is 5.75 Å². The molecule has 3 rings (SSSR count). The average Bonchev–Trinajstić information content (AvgIpc) is 3.27. The minimum Gasteiger partial charge on any atom is -0.483 e. The number of halogens is 4. The number of ether oxygens (including phenoxy) is 1. The molecule has 0 aromatic heterocycles. The van der Waals surface area contributed by atoms with E-state index in [0.717, 1.165) is 25.7 Å². The van der Waals surface area contributed by atoms with Gasteiger partial charge in [-0.25, -0.2) is 0 Å². The van der Waals surface area contributed by atoms with E-state index in [4.69, 9.17) is 39.5 Å². The van der Waals surface area contributed by atoms with Crippen molar-refractivity contribution < 1.29 is 14.3 Å². The van der Waals surface area contributed by atoms with Gasteiger partial charge in [0, 0.05) is 27.7 Å². The molecule has 9 heteroatoms. The molecule has 178 valence electrons. The maximum atomic E-state index is 13.3. The largest absolute Gasteiger partial charge is 0.483 e. The molecule has 33 heavy (non-hydrogen) atoms. The van der Waals surface area contributed by atoms with Crippen LogP contribution in [0.25, 0.3) is 0 Å². The third-order valence-corrected chi connectivity index (χ3v) is 7.13. The second-order valence-corrected chi connectivity index (χ2v) is 10.2. The van der Waals surface area contributed by atoms with E-state index in [-0.39, 0.29) is 31.0 Å². The molecule has 1 aliphatic carbocycles. The molecule has 0 heterocycles. The third kappa shape index (κ3) is 7.25. The Morgan fingerprint density at radius 1 is 1.12 bits per heavy atom. The van der Waals surface area contributed by atoms with Crippen molar-refractivity contribution in [3.8, 4) is 5.75 Å². The zero-order valence-corrected chi connectivity index (χ0v) is 22.1. The second-order valence-electron chi connectivity index (χ2n) is 8.03. The first-order valence-corrected chi connectivity index (χ1v) is 12.8. The fourth-order valence-electron chi connectivity index (χ4n) is 3.94. The minimum atomic E-state index is -0.651. The van der Waals surface area contributed by atoms with Gasteiger partial charge < -0.3 is 15.0 Å². The van der Waals surface area contributed by atoms with Crippen molar-refractivity contribution in [1.29, 1.82) is 0 Å². The molecule has 2 amide bonds. The lowest BCUT2D eigenvalue weighted by molar-refractivity contribution is -0.143. The standard InChI is InChI=1S/C24H26BrCl3N2O3/c1-2-21(24(32)29-18-5-3-4-6-18)30(13-15-7-8-17(27)12-20(15)28)23(31)14-33-22-10-9-16(26)11-19(22)25/h7-12,18,21H,2-6,13-14H2,1H3,(H,29,32)/t21-/m0/s1. The number of benzene rings is 2. The molecule has 2 aromatic rings. The molecule has 1 aliphatic rings. The van der Waals surface area contributed by atoms with E-state index in [2.05, 4.69) is 21.2 Å². The molecule has 0 radical (unpaired) electrons. The Morgan fingerprint density at radius 3 is 2.42 bits per heavy atom. The Kier molecular flexibility index (Phi) is 9.74. The molecule has 2 aromatic carbocycles. The number of hydrogen-bond donors (Lipinski definition) is 1. The van der Waals surface area contributed by atoms with Crippen LogP contribution in [0.1, 0.15) is 44.6 Å². The number of hydrogen-bond acceptors (Lipinski definition) is 3. The van der Waals surface area contributed by atoms with E-state index < -0.39 is 6.04 Å². The average molecular weight is 577 g/mol. The maximum absolute atomic E-state index is 13.3. The highest BCUT2D eigenvalue weighted by Crippen LogP contribution is 2.29. The highest BCUT2D eigenvalue weighted by molar-refractivity contribution is 9.10. The van der Waals surface area contributed by atoms with Gasteiger partial charge in [0.1, 0.15) is 11.8 Å². The Hall–Kier alpha value is -1.47. The van der Waals surface area contributed by atoms with E-state index in [0.29, 0.717) is 37.3 Å². The molecule has 5 nitrogen and oxygen atoms in total. The summed E-state index contributed by atoms with van der Waals surface area (Å²) in [6.07, 6.45) is 4.60. The van der Waals surface area contributed by atoms with E-state index in [1.54, 1.807) is 36.4 Å². The fraction of sp³-hybridized carbons (Fsp3) is 0.417. The van der Waals surface area contributed by atoms with Crippen LogP contribution in [0.4, 0.5) is 0 Å². The van der Waals surface area contributed by atoms with Gasteiger partial charge in [-0.15, -0.1) is 0 Å². The Labute approximate surface area is 217 Å². The summed E-state index contributed by atoms with van der Waals surface area (Å²) in [4.78, 5) is 28.0. The van der Waals surface area contributed by atoms with Crippen molar-refractivity contribution >= 4 is 62.5 Å². The SMILES string of the molecule is CC[C@@H](C(=O)NC1CCCC1)N(Cc1ccc(Cl)cc1Cl)C(=O)COc1ccc(Cl)cc1Br. The lowest BCUT2D eigenvalue weighted by Crippen LogP contribution is -2.52. The topological polar surface area (TPSA) is 58.6 Å². The zero-order valence-electron chi connectivity index (χ0n) is 18.3. The Morgan fingerprint density at radius 2 is 1.79 bits per heavy atom. The van der Waals surface area contributed by atoms with E-state index in [9.17, 15) is 9.59 Å². The number of carbonyl (C=O) groups excluding carboxylic acids is 2. The molecule has 0 spiro atoms. The molecule has 1 saturated carbocycles. The van der Waals surface area contributed by atoms with Gasteiger partial charge in [0.2, 0.25) is 5.91 Å². The number of nitrogens with zero attached hydrogens (tertiary/aromatic N) is 1. The predicted molar refractivity (Wildman–Crippen MR) is 136 cm³/mol. The predicted octanol–water partition coefficient (Wildman–Crippen LogP) is 6.65. The summed E-state index contributed by atoms with van der Waals surface area (Å²) < 4.78 is 6.39. The van der Waals surface area contributed by atoms with Gasteiger partial charge in [-0.3, -0.25) is 9.59 Å². The van der Waals surface area contributed by atoms with Gasteiger partial charge >= 0.3 is 0 Å². The summed E-state index contributed by atoms with van der Waals surface area (Å²) in [6, 6.07) is 9.67. The molecule has 1 atom stereocenters. The van der Waals surface area contributed by atoms with Crippen LogP contribution in [0.2, 0.25) is 15.1 Å². The summed E-state index contributed by atoms with van der Waals surface area (Å²) in [5.41, 5.74) is 0.703. The van der Waals surface area contributed by atoms with E-state index >= 15 is 0 Å². The smallest absolute Gasteiger partial charge is 0.261 e. The van der Waals surface area contributed by atoms with E-state index in [1.807, 2.05) is 6.92 Å². The molecular weight excluding hydrogens is 551 g/mol. The number of carbonyl (C=O) groups is 2. The molecule has 1 N–H and O–H groups in total. The van der Waals surface area contributed by atoms with Crippen LogP contribution in [-0.4, -0.2) is 35.4 Å². The van der Waals surface area contributed by atoms with Crippen LogP contribution in [0.15, 0.2) is 40.9 Å². The highest BCUT2D eigenvalue weighted by atomic mass is 79.9. The van der Waals surface area contributed by atoms with Gasteiger partial charge in [0.15, 0.2) is 6.61 Å². The van der Waals surface area contributed by atoms with Gasteiger partial charge in [-0.2, -0.15) is 0 Å². The fourth-order valence-corrected chi connectivity index (χ4v) is 5.20. The van der Waals surface area contributed by atoms with Crippen LogP contribution >= 0.6 is 50.7 Å². The summed E-state index contributed by atoms with van der Waals surface area (Å²) >= 11 is 21.8. The monoisotopic (exact) mass is 574 g/mol. The second kappa shape index (κ2) is 12.3. The van der Waals surface area contributed by atoms with Crippen LogP contribution in [-0.2, 0) is 16.1 Å². The Bertz CT molecular complexity index is 999. The molecule has 0 aliphatic heterocycles. The van der Waals surface area contributed by atoms with Gasteiger partial charge in [0.05, 0.1) is 4.47 Å². The summed E-state index contributed by atoms with van der Waals surface area (Å²) in [6.45, 7) is 1.81. The van der Waals surface area contributed by atoms with Crippen molar-refractivity contribution in [3.05, 3.63) is 61.5 Å². The van der Waals surface area contributed by atoms with Gasteiger partial charge in [-0.1, -0.05) is 60.6 Å². The summed E-state index contributed by atoms with van der Waals surface area (Å²) in [5.74, 6) is 0.00693. The third-order valence-electron chi connectivity index (χ3n) is 5.69. The van der Waals surface area contributed by atoms with Crippen molar-refractivity contribution in [2.75, 3.05) is 6.61 Å². The molecule has 0 saturated heterocycles. The lowest BCUT2D eigenvalue weighted by atomic mass is 10.1. The zero-order chi connectivity index (χ0) is 24.0.